The van der Waals surface area contributed by atoms with Crippen molar-refractivity contribution < 1.29 is 14.3 Å². The molecule has 3 aromatic carbocycles. The molecule has 0 radical (unpaired) electrons. The van der Waals surface area contributed by atoms with Gasteiger partial charge in [-0.1, -0.05) is 73.3 Å². The average molecular weight is 717 g/mol. The summed E-state index contributed by atoms with van der Waals surface area (Å²) in [6, 6.07) is 22.3. The van der Waals surface area contributed by atoms with Crippen LogP contribution in [0.2, 0.25) is 5.02 Å². The number of amides is 2. The molecule has 13 heteroatoms. The third-order valence-corrected chi connectivity index (χ3v) is 9.90. The molecule has 0 aliphatic carbocycles. The molecule has 3 N–H and O–H groups in total. The smallest absolute Gasteiger partial charge is 0.233 e. The molecule has 1 saturated heterocycles. The molecule has 0 spiro atoms. The molecule has 1 aromatic heterocycles. The van der Waals surface area contributed by atoms with Gasteiger partial charge in [-0.05, 0) is 48.2 Å². The van der Waals surface area contributed by atoms with Crippen LogP contribution in [0.3, 0.4) is 0 Å². The van der Waals surface area contributed by atoms with Gasteiger partial charge in [-0.25, -0.2) is 4.98 Å². The van der Waals surface area contributed by atoms with Crippen LogP contribution >= 0.6 is 23.5 Å². The van der Waals surface area contributed by atoms with Crippen molar-refractivity contribution in [1.82, 2.24) is 20.2 Å². The van der Waals surface area contributed by atoms with Crippen molar-refractivity contribution in [3.8, 4) is 5.75 Å². The van der Waals surface area contributed by atoms with E-state index in [0.717, 1.165) is 73.9 Å². The topological polar surface area (TPSA) is 115 Å². The number of nitrogens with one attached hydrogen (secondary N) is 3. The summed E-state index contributed by atoms with van der Waals surface area (Å²) in [6.07, 6.45) is 6.56. The van der Waals surface area contributed by atoms with E-state index in [9.17, 15) is 9.59 Å². The van der Waals surface area contributed by atoms with Crippen molar-refractivity contribution in [3.63, 3.8) is 0 Å². The first-order chi connectivity index (χ1) is 24.3. The van der Waals surface area contributed by atoms with Crippen molar-refractivity contribution in [1.29, 1.82) is 0 Å². The van der Waals surface area contributed by atoms with Crippen molar-refractivity contribution in [2.45, 2.75) is 32.1 Å². The summed E-state index contributed by atoms with van der Waals surface area (Å²) in [5.74, 6) is 1.03. The number of carbonyl (C=O) groups is 2. The molecule has 2 heterocycles. The summed E-state index contributed by atoms with van der Waals surface area (Å²) in [7, 11) is 3.67. The Morgan fingerprint density at radius 1 is 1.06 bits per heavy atom. The maximum atomic E-state index is 12.3. The van der Waals surface area contributed by atoms with Crippen molar-refractivity contribution in [3.05, 3.63) is 89.1 Å². The Hall–Kier alpha value is -4.52. The van der Waals surface area contributed by atoms with E-state index < -0.39 is 0 Å². The molecule has 264 valence electrons. The maximum absolute atomic E-state index is 12.3. The molecule has 50 heavy (non-hydrogen) atoms. The molecule has 1 fully saturated rings. The zero-order valence-electron chi connectivity index (χ0n) is 29.0. The van der Waals surface area contributed by atoms with Crippen LogP contribution in [0.1, 0.15) is 36.8 Å². The van der Waals surface area contributed by atoms with Gasteiger partial charge >= 0.3 is 0 Å². The maximum Gasteiger partial charge on any atom is 0.233 e. The third kappa shape index (κ3) is 9.38. The van der Waals surface area contributed by atoms with E-state index in [0.29, 0.717) is 35.4 Å². The Balaban J connectivity index is 1.16. The fourth-order valence-corrected chi connectivity index (χ4v) is 6.52. The molecule has 1 aliphatic rings. The van der Waals surface area contributed by atoms with E-state index in [2.05, 4.69) is 58.2 Å². The highest BCUT2D eigenvalue weighted by atomic mass is 35.5. The van der Waals surface area contributed by atoms with Gasteiger partial charge in [0.25, 0.3) is 0 Å². The summed E-state index contributed by atoms with van der Waals surface area (Å²) >= 11 is 8.11. The van der Waals surface area contributed by atoms with Crippen molar-refractivity contribution in [2.24, 2.45) is 0 Å². The number of anilines is 6. The van der Waals surface area contributed by atoms with Crippen LogP contribution in [0.5, 0.6) is 5.75 Å². The molecule has 0 bridgehead atoms. The van der Waals surface area contributed by atoms with Gasteiger partial charge in [0.2, 0.25) is 18.3 Å². The number of aromatic nitrogens is 2. The van der Waals surface area contributed by atoms with Gasteiger partial charge in [-0.15, -0.1) is 0 Å². The zero-order valence-corrected chi connectivity index (χ0v) is 30.6. The normalized spacial score (nSPS) is 13.7. The van der Waals surface area contributed by atoms with E-state index in [-0.39, 0.29) is 11.8 Å². The number of rotatable bonds is 16. The van der Waals surface area contributed by atoms with Crippen molar-refractivity contribution >= 4 is 70.4 Å². The second-order valence-electron chi connectivity index (χ2n) is 12.0. The number of carbonyl (C=O) groups excluding carboxylic acids is 2. The third-order valence-electron chi connectivity index (χ3n) is 8.88. The van der Waals surface area contributed by atoms with Gasteiger partial charge in [0, 0.05) is 57.8 Å². The number of hydrogen-bond donors (Lipinski definition) is 3. The van der Waals surface area contributed by atoms with Gasteiger partial charge in [-0.3, -0.25) is 19.8 Å². The summed E-state index contributed by atoms with van der Waals surface area (Å²) in [5.41, 5.74) is 5.91. The van der Waals surface area contributed by atoms with Gasteiger partial charge in [0.15, 0.2) is 5.82 Å². The number of hydrogen-bond acceptors (Lipinski definition) is 11. The number of benzene rings is 3. The lowest BCUT2D eigenvalue weighted by Crippen LogP contribution is -2.47. The minimum atomic E-state index is -0.308. The molecule has 1 atom stereocenters. The van der Waals surface area contributed by atoms with Crippen LogP contribution in [0.4, 0.5) is 34.5 Å². The predicted molar refractivity (Wildman–Crippen MR) is 206 cm³/mol. The number of ether oxygens (including phenoxy) is 1. The summed E-state index contributed by atoms with van der Waals surface area (Å²) < 4.78 is 7.85. The highest BCUT2D eigenvalue weighted by Crippen LogP contribution is 2.35. The quantitative estimate of drug-likeness (QED) is 0.0835. The fraction of sp³-hybridized carbons (Fsp3) is 0.351. The number of methoxy groups -OCH3 is 1. The zero-order chi connectivity index (χ0) is 35.5. The lowest BCUT2D eigenvalue weighted by Gasteiger charge is -2.36. The lowest BCUT2D eigenvalue weighted by molar-refractivity contribution is -0.126. The highest BCUT2D eigenvalue weighted by Gasteiger charge is 2.21. The molecular formula is C37H45ClN8O3S. The van der Waals surface area contributed by atoms with Crippen molar-refractivity contribution in [2.75, 3.05) is 73.0 Å². The Bertz CT molecular complexity index is 1740. The molecular weight excluding hydrogens is 672 g/mol. The van der Waals surface area contributed by atoms with Crippen LogP contribution in [-0.4, -0.2) is 80.3 Å². The monoisotopic (exact) mass is 716 g/mol. The molecule has 4 aromatic rings. The van der Waals surface area contributed by atoms with Gasteiger partial charge in [-0.2, -0.15) is 4.98 Å². The average Bonchev–Trinajstić information content (AvgIpc) is 3.15. The number of piperazine rings is 1. The molecule has 1 unspecified atom stereocenters. The van der Waals surface area contributed by atoms with Crippen LogP contribution in [0.15, 0.2) is 72.9 Å². The Labute approximate surface area is 303 Å². The Morgan fingerprint density at radius 2 is 1.82 bits per heavy atom. The molecule has 1 aliphatic heterocycles. The van der Waals surface area contributed by atoms with Crippen LogP contribution in [0, 0.1) is 0 Å². The predicted octanol–water partition coefficient (Wildman–Crippen LogP) is 6.86. The van der Waals surface area contributed by atoms with Gasteiger partial charge < -0.3 is 24.6 Å². The number of para-hydroxylation sites is 2. The number of nitrogens with zero attached hydrogens (tertiary/aromatic N) is 5. The largest absolute Gasteiger partial charge is 0.494 e. The highest BCUT2D eigenvalue weighted by molar-refractivity contribution is 7.99. The Kier molecular flexibility index (Phi) is 13.2. The molecule has 2 amide bonds. The first-order valence-electron chi connectivity index (χ1n) is 16.7. The minimum Gasteiger partial charge on any atom is -0.494 e. The minimum absolute atomic E-state index is 0.245. The van der Waals surface area contributed by atoms with E-state index >= 15 is 0 Å². The second kappa shape index (κ2) is 17.9. The van der Waals surface area contributed by atoms with Gasteiger partial charge in [0.05, 0.1) is 36.3 Å². The van der Waals surface area contributed by atoms with E-state index in [4.69, 9.17) is 16.3 Å². The van der Waals surface area contributed by atoms with E-state index in [1.54, 1.807) is 25.3 Å². The van der Waals surface area contributed by atoms with Crippen LogP contribution in [-0.2, 0) is 16.0 Å². The summed E-state index contributed by atoms with van der Waals surface area (Å²) in [4.78, 5) is 37.1. The number of imide groups is 1. The first kappa shape index (κ1) is 36.8. The molecule has 0 saturated carbocycles. The SMILES string of the molecule is CCCC(C(=O)NC=O)c1ccc(CCN2CCN(c3ccc(Nc4ncc(Cl)c(Nc5ccccc5N(C)SC)n4)c(OC)c3)CC2)cc1. The standard InChI is InChI=1S/C37H45ClN8O3S/c1-5-8-29(36(48)40-25-47)27-13-11-26(12-14-27)17-18-45-19-21-46(22-20-45)28-15-16-32(34(23-28)49-3)42-37-39-24-30(38)35(43-37)41-31-9-6-7-10-33(31)44(2)50-4/h6-7,9-16,23-25,29H,5,8,17-22H2,1-4H3,(H,40,47,48)(H2,39,41,42,43). The number of halogens is 1. The second-order valence-corrected chi connectivity index (χ2v) is 13.3. The Morgan fingerprint density at radius 3 is 2.52 bits per heavy atom. The first-order valence-corrected chi connectivity index (χ1v) is 18.3. The summed E-state index contributed by atoms with van der Waals surface area (Å²) in [6.45, 7) is 6.72. The van der Waals surface area contributed by atoms with Crippen LogP contribution < -0.4 is 29.9 Å². The summed E-state index contributed by atoms with van der Waals surface area (Å²) in [5, 5.41) is 9.38. The van der Waals surface area contributed by atoms with E-state index in [1.807, 2.05) is 68.8 Å². The van der Waals surface area contributed by atoms with E-state index in [1.165, 1.54) is 5.56 Å². The molecule has 5 rings (SSSR count). The van der Waals surface area contributed by atoms with Crippen LogP contribution in [0.25, 0.3) is 0 Å². The molecule has 11 nitrogen and oxygen atoms in total. The lowest BCUT2D eigenvalue weighted by atomic mass is 9.92. The fourth-order valence-electron chi connectivity index (χ4n) is 6.03. The van der Waals surface area contributed by atoms with Gasteiger partial charge in [0.1, 0.15) is 10.8 Å².